The van der Waals surface area contributed by atoms with Crippen LogP contribution in [-0.4, -0.2) is 15.6 Å². The first kappa shape index (κ1) is 12.0. The number of aromatic nitrogens is 2. The topological polar surface area (TPSA) is 34.9 Å². The van der Waals surface area contributed by atoms with Gasteiger partial charge in [0.15, 0.2) is 5.78 Å². The smallest absolute Gasteiger partial charge is 0.184 e. The van der Waals surface area contributed by atoms with Crippen molar-refractivity contribution in [3.05, 3.63) is 51.8 Å². The third-order valence-corrected chi connectivity index (χ3v) is 3.04. The lowest BCUT2D eigenvalue weighted by Gasteiger charge is -2.04. The number of nitrogens with zero attached hydrogens (tertiary/aromatic N) is 2. The number of hydrogen-bond acceptors (Lipinski definition) is 2. The van der Waals surface area contributed by atoms with Gasteiger partial charge in [0.1, 0.15) is 6.54 Å². The third-order valence-electron chi connectivity index (χ3n) is 2.54. The minimum Gasteiger partial charge on any atom is -0.292 e. The van der Waals surface area contributed by atoms with E-state index in [1.807, 2.05) is 44.2 Å². The Hall–Kier alpha value is -1.42. The molecule has 0 unspecified atom stereocenters. The van der Waals surface area contributed by atoms with Crippen molar-refractivity contribution >= 4 is 21.7 Å². The van der Waals surface area contributed by atoms with Crippen molar-refractivity contribution in [3.63, 3.8) is 0 Å². The number of carbonyl (C=O) groups is 1. The molecule has 3 nitrogen and oxygen atoms in total. The molecule has 1 aromatic heterocycles. The molecule has 0 radical (unpaired) electrons. The molecule has 0 aliphatic heterocycles. The van der Waals surface area contributed by atoms with E-state index in [0.717, 1.165) is 15.9 Å². The van der Waals surface area contributed by atoms with Gasteiger partial charge in [-0.2, -0.15) is 5.10 Å². The van der Waals surface area contributed by atoms with Crippen molar-refractivity contribution in [1.29, 1.82) is 0 Å². The highest BCUT2D eigenvalue weighted by Crippen LogP contribution is 2.13. The second-order valence-corrected chi connectivity index (χ2v) is 4.93. The number of hydrogen-bond donors (Lipinski definition) is 0. The highest BCUT2D eigenvalue weighted by molar-refractivity contribution is 9.10. The molecule has 0 N–H and O–H groups in total. The Kier molecular flexibility index (Phi) is 3.43. The number of halogens is 1. The van der Waals surface area contributed by atoms with Gasteiger partial charge in [-0.05, 0) is 32.0 Å². The van der Waals surface area contributed by atoms with Gasteiger partial charge >= 0.3 is 0 Å². The van der Waals surface area contributed by atoms with Crippen molar-refractivity contribution in [2.45, 2.75) is 20.4 Å². The fourth-order valence-corrected chi connectivity index (χ4v) is 2.12. The number of aryl methyl sites for hydroxylation is 2. The van der Waals surface area contributed by atoms with E-state index in [9.17, 15) is 4.79 Å². The number of rotatable bonds is 3. The maximum Gasteiger partial charge on any atom is 0.184 e. The van der Waals surface area contributed by atoms with Gasteiger partial charge in [0.2, 0.25) is 0 Å². The second kappa shape index (κ2) is 4.84. The molecule has 0 aliphatic carbocycles. The first-order valence-electron chi connectivity index (χ1n) is 5.36. The van der Waals surface area contributed by atoms with Crippen LogP contribution in [0.5, 0.6) is 0 Å². The van der Waals surface area contributed by atoms with Crippen LogP contribution < -0.4 is 0 Å². The van der Waals surface area contributed by atoms with Gasteiger partial charge in [-0.25, -0.2) is 0 Å². The highest BCUT2D eigenvalue weighted by atomic mass is 79.9. The molecule has 0 spiro atoms. The fourth-order valence-electron chi connectivity index (χ4n) is 1.72. The minimum absolute atomic E-state index is 0.0671. The third kappa shape index (κ3) is 2.82. The van der Waals surface area contributed by atoms with Crippen LogP contribution in [-0.2, 0) is 6.54 Å². The predicted octanol–water partition coefficient (Wildman–Crippen LogP) is 3.15. The van der Waals surface area contributed by atoms with E-state index in [0.29, 0.717) is 5.56 Å². The molecule has 88 valence electrons. The van der Waals surface area contributed by atoms with Gasteiger partial charge in [-0.15, -0.1) is 0 Å². The zero-order valence-corrected chi connectivity index (χ0v) is 11.4. The van der Waals surface area contributed by atoms with E-state index in [2.05, 4.69) is 21.0 Å². The van der Waals surface area contributed by atoms with Crippen LogP contribution in [0.15, 0.2) is 34.8 Å². The van der Waals surface area contributed by atoms with E-state index < -0.39 is 0 Å². The van der Waals surface area contributed by atoms with Gasteiger partial charge in [0.25, 0.3) is 0 Å². The van der Waals surface area contributed by atoms with Crippen molar-refractivity contribution in [2.75, 3.05) is 0 Å². The molecule has 0 atom stereocenters. The maximum atomic E-state index is 12.0. The van der Waals surface area contributed by atoms with Crippen LogP contribution in [0.3, 0.4) is 0 Å². The summed E-state index contributed by atoms with van der Waals surface area (Å²) in [5.74, 6) is 0.0671. The summed E-state index contributed by atoms with van der Waals surface area (Å²) in [5.41, 5.74) is 2.64. The van der Waals surface area contributed by atoms with Crippen LogP contribution in [0.1, 0.15) is 21.7 Å². The SMILES string of the molecule is Cc1cc(C)n(CC(=O)c2cccc(Br)c2)n1. The summed E-state index contributed by atoms with van der Waals surface area (Å²) >= 11 is 3.36. The first-order valence-corrected chi connectivity index (χ1v) is 6.15. The van der Waals surface area contributed by atoms with Gasteiger partial charge in [-0.3, -0.25) is 9.48 Å². The van der Waals surface area contributed by atoms with Crippen LogP contribution in [0.2, 0.25) is 0 Å². The van der Waals surface area contributed by atoms with Gasteiger partial charge in [0, 0.05) is 15.7 Å². The van der Waals surface area contributed by atoms with Gasteiger partial charge in [0.05, 0.1) is 5.69 Å². The number of carbonyl (C=O) groups excluding carboxylic acids is 1. The molecule has 2 rings (SSSR count). The predicted molar refractivity (Wildman–Crippen MR) is 70.2 cm³/mol. The number of Topliss-reactive ketones (excluding diaryl/α,β-unsaturated/α-hetero) is 1. The van der Waals surface area contributed by atoms with E-state index >= 15 is 0 Å². The Labute approximate surface area is 109 Å². The molecule has 0 amide bonds. The Bertz CT molecular complexity index is 560. The van der Waals surface area contributed by atoms with Gasteiger partial charge < -0.3 is 0 Å². The van der Waals surface area contributed by atoms with Gasteiger partial charge in [-0.1, -0.05) is 28.1 Å². The Balaban J connectivity index is 2.20. The summed E-state index contributed by atoms with van der Waals surface area (Å²) in [5, 5.41) is 4.28. The molecular weight excluding hydrogens is 280 g/mol. The average molecular weight is 293 g/mol. The summed E-state index contributed by atoms with van der Waals surface area (Å²) in [6, 6.07) is 9.37. The summed E-state index contributed by atoms with van der Waals surface area (Å²) in [6.07, 6.45) is 0. The highest BCUT2D eigenvalue weighted by Gasteiger charge is 2.09. The van der Waals surface area contributed by atoms with Crippen LogP contribution in [0.4, 0.5) is 0 Å². The van der Waals surface area contributed by atoms with E-state index in [-0.39, 0.29) is 12.3 Å². The monoisotopic (exact) mass is 292 g/mol. The molecule has 2 aromatic rings. The molecule has 0 saturated carbocycles. The van der Waals surface area contributed by atoms with E-state index in [4.69, 9.17) is 0 Å². The zero-order chi connectivity index (χ0) is 12.4. The molecule has 0 fully saturated rings. The Morgan fingerprint density at radius 2 is 2.12 bits per heavy atom. The molecule has 0 saturated heterocycles. The molecule has 1 aromatic carbocycles. The van der Waals surface area contributed by atoms with Crippen LogP contribution >= 0.6 is 15.9 Å². The summed E-state index contributed by atoms with van der Waals surface area (Å²) in [7, 11) is 0. The van der Waals surface area contributed by atoms with Crippen molar-refractivity contribution in [3.8, 4) is 0 Å². The standard InChI is InChI=1S/C13H13BrN2O/c1-9-6-10(2)16(15-9)8-13(17)11-4-3-5-12(14)7-11/h3-7H,8H2,1-2H3. The minimum atomic E-state index is 0.0671. The molecule has 1 heterocycles. The first-order chi connectivity index (χ1) is 8.06. The van der Waals surface area contributed by atoms with Crippen molar-refractivity contribution in [2.24, 2.45) is 0 Å². The largest absolute Gasteiger partial charge is 0.292 e. The maximum absolute atomic E-state index is 12.0. The molecular formula is C13H13BrN2O. The molecule has 17 heavy (non-hydrogen) atoms. The lowest BCUT2D eigenvalue weighted by molar-refractivity contribution is 0.0966. The van der Waals surface area contributed by atoms with Crippen LogP contribution in [0, 0.1) is 13.8 Å². The Morgan fingerprint density at radius 3 is 2.71 bits per heavy atom. The second-order valence-electron chi connectivity index (χ2n) is 4.02. The summed E-state index contributed by atoms with van der Waals surface area (Å²) < 4.78 is 2.65. The summed E-state index contributed by atoms with van der Waals surface area (Å²) in [6.45, 7) is 4.16. The van der Waals surface area contributed by atoms with Crippen molar-refractivity contribution < 1.29 is 4.79 Å². The lowest BCUT2D eigenvalue weighted by atomic mass is 10.1. The van der Waals surface area contributed by atoms with Crippen LogP contribution in [0.25, 0.3) is 0 Å². The van der Waals surface area contributed by atoms with E-state index in [1.165, 1.54) is 0 Å². The molecule has 0 aliphatic rings. The normalized spacial score (nSPS) is 10.5. The van der Waals surface area contributed by atoms with E-state index in [1.54, 1.807) is 4.68 Å². The molecule has 0 bridgehead atoms. The number of benzene rings is 1. The zero-order valence-electron chi connectivity index (χ0n) is 9.77. The average Bonchev–Trinajstić information content (AvgIpc) is 2.57. The lowest BCUT2D eigenvalue weighted by Crippen LogP contribution is -2.13. The fraction of sp³-hybridized carbons (Fsp3) is 0.231. The Morgan fingerprint density at radius 1 is 1.35 bits per heavy atom. The quantitative estimate of drug-likeness (QED) is 0.815. The summed E-state index contributed by atoms with van der Waals surface area (Å²) in [4.78, 5) is 12.0. The number of ketones is 1. The van der Waals surface area contributed by atoms with Crippen molar-refractivity contribution in [1.82, 2.24) is 9.78 Å². The molecule has 4 heteroatoms.